The second kappa shape index (κ2) is 8.11. The smallest absolute Gasteiger partial charge is 0.122 e. The van der Waals surface area contributed by atoms with Gasteiger partial charge in [-0.2, -0.15) is 0 Å². The normalized spacial score (nSPS) is 14.2. The number of ether oxygens (including phenoxy) is 1. The summed E-state index contributed by atoms with van der Waals surface area (Å²) >= 11 is 0. The van der Waals surface area contributed by atoms with E-state index in [0.29, 0.717) is 12.5 Å². The highest BCUT2D eigenvalue weighted by atomic mass is 16.5. The second-order valence-electron chi connectivity index (χ2n) is 4.60. The summed E-state index contributed by atoms with van der Waals surface area (Å²) in [4.78, 5) is 0. The maximum atomic E-state index is 9.22. The molecule has 0 spiro atoms. The number of nitrogens with one attached hydrogen (secondary N) is 1. The van der Waals surface area contributed by atoms with Gasteiger partial charge in [0.05, 0.1) is 12.6 Å². The van der Waals surface area contributed by atoms with Crippen LogP contribution in [0.1, 0.15) is 38.7 Å². The summed E-state index contributed by atoms with van der Waals surface area (Å²) in [5.41, 5.74) is 1.24. The predicted octanol–water partition coefficient (Wildman–Crippen LogP) is 2.55. The maximum absolute atomic E-state index is 9.22. The van der Waals surface area contributed by atoms with Gasteiger partial charge in [0.1, 0.15) is 12.4 Å². The first kappa shape index (κ1) is 15.0. The van der Waals surface area contributed by atoms with E-state index < -0.39 is 0 Å². The molecule has 3 heteroatoms. The van der Waals surface area contributed by atoms with Crippen LogP contribution in [0.4, 0.5) is 0 Å². The summed E-state index contributed by atoms with van der Waals surface area (Å²) in [5.74, 6) is 1.43. The summed E-state index contributed by atoms with van der Waals surface area (Å²) in [6, 6.07) is 8.15. The Balaban J connectivity index is 2.66. The van der Waals surface area contributed by atoms with E-state index in [2.05, 4.69) is 25.2 Å². The molecular weight excluding hydrogens is 226 g/mol. The van der Waals surface area contributed by atoms with Crippen LogP contribution in [0.15, 0.2) is 24.3 Å². The fraction of sp³-hybridized carbons (Fsp3) is 0.600. The minimum absolute atomic E-state index is 0.0000104. The maximum Gasteiger partial charge on any atom is 0.122 e. The van der Waals surface area contributed by atoms with E-state index in [9.17, 15) is 5.11 Å². The molecule has 2 atom stereocenters. The molecule has 102 valence electrons. The number of aliphatic hydroxyl groups is 1. The van der Waals surface area contributed by atoms with Gasteiger partial charge in [-0.1, -0.05) is 39.0 Å². The van der Waals surface area contributed by atoms with Crippen LogP contribution in [0.3, 0.4) is 0 Å². The monoisotopic (exact) mass is 251 g/mol. The van der Waals surface area contributed by atoms with Gasteiger partial charge in [0, 0.05) is 0 Å². The Labute approximate surface area is 110 Å². The highest BCUT2D eigenvalue weighted by Crippen LogP contribution is 2.28. The van der Waals surface area contributed by atoms with E-state index in [1.54, 1.807) is 0 Å². The molecular formula is C15H25NO2. The van der Waals surface area contributed by atoms with Crippen molar-refractivity contribution < 1.29 is 9.84 Å². The summed E-state index contributed by atoms with van der Waals surface area (Å²) in [5, 5.41) is 12.4. The number of hydrogen-bond acceptors (Lipinski definition) is 3. The van der Waals surface area contributed by atoms with Crippen molar-refractivity contribution in [3.05, 3.63) is 29.8 Å². The predicted molar refractivity (Wildman–Crippen MR) is 75.2 cm³/mol. The zero-order valence-corrected chi connectivity index (χ0v) is 11.6. The van der Waals surface area contributed by atoms with Crippen LogP contribution >= 0.6 is 0 Å². The highest BCUT2D eigenvalue weighted by molar-refractivity contribution is 5.35. The number of benzene rings is 1. The van der Waals surface area contributed by atoms with Crippen molar-refractivity contribution in [3.63, 3.8) is 0 Å². The zero-order valence-electron chi connectivity index (χ0n) is 11.6. The lowest BCUT2D eigenvalue weighted by molar-refractivity contribution is 0.183. The van der Waals surface area contributed by atoms with E-state index in [0.717, 1.165) is 18.7 Å². The third-order valence-electron chi connectivity index (χ3n) is 3.22. The van der Waals surface area contributed by atoms with Gasteiger partial charge < -0.3 is 15.2 Å². The molecule has 0 aliphatic rings. The zero-order chi connectivity index (χ0) is 13.4. The molecule has 0 aromatic heterocycles. The standard InChI is InChI=1S/C15H25NO2/c1-4-12(3)14-8-6-7-9-15(14)18-11-13(10-17)16-5-2/h6-9,12-13,16-17H,4-5,10-11H2,1-3H3. The number of aliphatic hydroxyl groups excluding tert-OH is 1. The summed E-state index contributed by atoms with van der Waals surface area (Å²) in [6.45, 7) is 7.83. The average Bonchev–Trinajstić information content (AvgIpc) is 2.43. The molecule has 1 rings (SSSR count). The molecule has 1 aromatic carbocycles. The molecule has 0 saturated heterocycles. The van der Waals surface area contributed by atoms with Crippen LogP contribution in [0.5, 0.6) is 5.75 Å². The average molecular weight is 251 g/mol. The Hall–Kier alpha value is -1.06. The number of rotatable bonds is 8. The first-order valence-corrected chi connectivity index (χ1v) is 6.78. The third-order valence-corrected chi connectivity index (χ3v) is 3.22. The molecule has 1 aromatic rings. The molecule has 0 heterocycles. The Morgan fingerprint density at radius 1 is 1.28 bits per heavy atom. The SMILES string of the molecule is CCNC(CO)COc1ccccc1C(C)CC. The van der Waals surface area contributed by atoms with Gasteiger partial charge in [-0.15, -0.1) is 0 Å². The molecule has 0 amide bonds. The van der Waals surface area contributed by atoms with E-state index >= 15 is 0 Å². The van der Waals surface area contributed by atoms with Crippen LogP contribution in [-0.2, 0) is 0 Å². The van der Waals surface area contributed by atoms with Gasteiger partial charge in [-0.3, -0.25) is 0 Å². The number of para-hydroxylation sites is 1. The van der Waals surface area contributed by atoms with Gasteiger partial charge in [0.25, 0.3) is 0 Å². The molecule has 0 fully saturated rings. The van der Waals surface area contributed by atoms with E-state index in [1.807, 2.05) is 25.1 Å². The van der Waals surface area contributed by atoms with Gasteiger partial charge >= 0.3 is 0 Å². The van der Waals surface area contributed by atoms with Crippen LogP contribution in [-0.4, -0.2) is 30.9 Å². The van der Waals surface area contributed by atoms with Gasteiger partial charge in [0.15, 0.2) is 0 Å². The summed E-state index contributed by atoms with van der Waals surface area (Å²) in [7, 11) is 0. The first-order chi connectivity index (χ1) is 8.72. The first-order valence-electron chi connectivity index (χ1n) is 6.78. The molecule has 3 nitrogen and oxygen atoms in total. The summed E-state index contributed by atoms with van der Waals surface area (Å²) in [6.07, 6.45) is 1.09. The number of likely N-dealkylation sites (N-methyl/N-ethyl adjacent to an activating group) is 1. The Morgan fingerprint density at radius 3 is 2.61 bits per heavy atom. The fourth-order valence-electron chi connectivity index (χ4n) is 1.89. The molecule has 0 radical (unpaired) electrons. The van der Waals surface area contributed by atoms with Crippen molar-refractivity contribution in [2.75, 3.05) is 19.8 Å². The largest absolute Gasteiger partial charge is 0.492 e. The van der Waals surface area contributed by atoms with Gasteiger partial charge in [-0.25, -0.2) is 0 Å². The van der Waals surface area contributed by atoms with E-state index in [1.165, 1.54) is 5.56 Å². The molecule has 0 saturated carbocycles. The van der Waals surface area contributed by atoms with E-state index in [4.69, 9.17) is 4.74 Å². The van der Waals surface area contributed by atoms with Crippen molar-refractivity contribution in [1.82, 2.24) is 5.32 Å². The lowest BCUT2D eigenvalue weighted by Crippen LogP contribution is -2.37. The Kier molecular flexibility index (Phi) is 6.76. The topological polar surface area (TPSA) is 41.5 Å². The fourth-order valence-corrected chi connectivity index (χ4v) is 1.89. The lowest BCUT2D eigenvalue weighted by Gasteiger charge is -2.19. The molecule has 0 aliphatic carbocycles. The lowest BCUT2D eigenvalue weighted by atomic mass is 9.98. The van der Waals surface area contributed by atoms with Gasteiger partial charge in [-0.05, 0) is 30.5 Å². The molecule has 2 N–H and O–H groups in total. The van der Waals surface area contributed by atoms with E-state index in [-0.39, 0.29) is 12.6 Å². The second-order valence-corrected chi connectivity index (χ2v) is 4.60. The van der Waals surface area contributed by atoms with Crippen LogP contribution in [0, 0.1) is 0 Å². The Morgan fingerprint density at radius 2 is 2.00 bits per heavy atom. The van der Waals surface area contributed by atoms with Crippen molar-refractivity contribution >= 4 is 0 Å². The van der Waals surface area contributed by atoms with Crippen LogP contribution < -0.4 is 10.1 Å². The Bertz CT molecular complexity index is 341. The van der Waals surface area contributed by atoms with Crippen molar-refractivity contribution in [2.45, 2.75) is 39.2 Å². The summed E-state index contributed by atoms with van der Waals surface area (Å²) < 4.78 is 5.84. The minimum atomic E-state index is -0.0000104. The highest BCUT2D eigenvalue weighted by Gasteiger charge is 2.11. The molecule has 18 heavy (non-hydrogen) atoms. The van der Waals surface area contributed by atoms with Crippen molar-refractivity contribution in [3.8, 4) is 5.75 Å². The van der Waals surface area contributed by atoms with Crippen LogP contribution in [0.2, 0.25) is 0 Å². The molecule has 0 bridgehead atoms. The van der Waals surface area contributed by atoms with Gasteiger partial charge in [0.2, 0.25) is 0 Å². The number of hydrogen-bond donors (Lipinski definition) is 2. The third kappa shape index (κ3) is 4.31. The molecule has 2 unspecified atom stereocenters. The van der Waals surface area contributed by atoms with Crippen molar-refractivity contribution in [1.29, 1.82) is 0 Å². The van der Waals surface area contributed by atoms with Crippen molar-refractivity contribution in [2.24, 2.45) is 0 Å². The quantitative estimate of drug-likeness (QED) is 0.746. The van der Waals surface area contributed by atoms with Crippen LogP contribution in [0.25, 0.3) is 0 Å². The molecule has 0 aliphatic heterocycles. The minimum Gasteiger partial charge on any atom is -0.492 e.